The molecule has 3 heterocycles. The molecule has 126 valence electrons. The van der Waals surface area contributed by atoms with E-state index in [0.717, 1.165) is 30.2 Å². The predicted octanol–water partition coefficient (Wildman–Crippen LogP) is 2.20. The van der Waals surface area contributed by atoms with E-state index in [-0.39, 0.29) is 12.4 Å². The second kappa shape index (κ2) is 7.69. The number of hydrogen-bond acceptors (Lipinski definition) is 7. The topological polar surface area (TPSA) is 77.8 Å². The zero-order chi connectivity index (χ0) is 15.5. The van der Waals surface area contributed by atoms with Crippen LogP contribution in [0.3, 0.4) is 0 Å². The minimum Gasteiger partial charge on any atom is -0.487 e. The van der Waals surface area contributed by atoms with Gasteiger partial charge in [-0.3, -0.25) is 0 Å². The van der Waals surface area contributed by atoms with Crippen molar-refractivity contribution in [2.45, 2.75) is 18.9 Å². The molecule has 1 aliphatic heterocycles. The number of ether oxygens (including phenoxy) is 1. The van der Waals surface area contributed by atoms with Gasteiger partial charge in [-0.25, -0.2) is 9.67 Å². The smallest absolute Gasteiger partial charge is 0.143 e. The van der Waals surface area contributed by atoms with Crippen molar-refractivity contribution < 1.29 is 4.74 Å². The fraction of sp³-hybridized carbons (Fsp3) is 0.333. The molecule has 0 aliphatic carbocycles. The summed E-state index contributed by atoms with van der Waals surface area (Å²) in [6.45, 7) is 2.61. The van der Waals surface area contributed by atoms with Gasteiger partial charge in [0, 0.05) is 17.8 Å². The van der Waals surface area contributed by atoms with Crippen molar-refractivity contribution in [3.8, 4) is 11.4 Å². The second-order valence-corrected chi connectivity index (χ2v) is 6.29. The molecule has 7 nitrogen and oxygen atoms in total. The van der Waals surface area contributed by atoms with Crippen LogP contribution in [0.15, 0.2) is 36.0 Å². The number of tetrazole rings is 1. The van der Waals surface area contributed by atoms with Crippen LogP contribution in [-0.2, 0) is 6.61 Å². The molecule has 1 unspecified atom stereocenters. The molecular formula is C15H17ClN6OS. The van der Waals surface area contributed by atoms with Crippen LogP contribution < -0.4 is 10.1 Å². The molecule has 0 amide bonds. The summed E-state index contributed by atoms with van der Waals surface area (Å²) < 4.78 is 7.41. The lowest BCUT2D eigenvalue weighted by Crippen LogP contribution is -2.08. The summed E-state index contributed by atoms with van der Waals surface area (Å²) in [7, 11) is 0. The Balaban J connectivity index is 0.00000169. The molecule has 1 aromatic carbocycles. The first kappa shape index (κ1) is 16.8. The molecule has 0 bridgehead atoms. The van der Waals surface area contributed by atoms with E-state index in [2.05, 4.69) is 31.2 Å². The Morgan fingerprint density at radius 1 is 1.29 bits per heavy atom. The average molecular weight is 365 g/mol. The molecule has 1 fully saturated rings. The van der Waals surface area contributed by atoms with Crippen LogP contribution in [0.1, 0.15) is 23.0 Å². The van der Waals surface area contributed by atoms with Crippen LogP contribution in [0.5, 0.6) is 5.75 Å². The number of benzene rings is 1. The Kier molecular flexibility index (Phi) is 5.39. The van der Waals surface area contributed by atoms with E-state index in [1.807, 2.05) is 24.3 Å². The lowest BCUT2D eigenvalue weighted by Gasteiger charge is -2.06. The normalized spacial score (nSPS) is 16.8. The Hall–Kier alpha value is -2.03. The Bertz CT molecular complexity index is 755. The van der Waals surface area contributed by atoms with Crippen molar-refractivity contribution in [2.24, 2.45) is 0 Å². The molecule has 2 aromatic heterocycles. The number of thiazole rings is 1. The van der Waals surface area contributed by atoms with Crippen LogP contribution in [-0.4, -0.2) is 38.3 Å². The van der Waals surface area contributed by atoms with Gasteiger partial charge in [0.05, 0.1) is 16.4 Å². The van der Waals surface area contributed by atoms with Gasteiger partial charge in [0.1, 0.15) is 18.7 Å². The summed E-state index contributed by atoms with van der Waals surface area (Å²) in [5.41, 5.74) is 1.88. The highest BCUT2D eigenvalue weighted by Gasteiger charge is 2.19. The molecule has 0 radical (unpaired) electrons. The first-order valence-electron chi connectivity index (χ1n) is 7.50. The minimum atomic E-state index is 0. The summed E-state index contributed by atoms with van der Waals surface area (Å²) in [6, 6.07) is 7.65. The van der Waals surface area contributed by atoms with Gasteiger partial charge in [0.2, 0.25) is 0 Å². The van der Waals surface area contributed by atoms with Crippen LogP contribution in [0, 0.1) is 0 Å². The Morgan fingerprint density at radius 2 is 2.17 bits per heavy atom. The number of halogens is 1. The van der Waals surface area contributed by atoms with Gasteiger partial charge in [0.25, 0.3) is 0 Å². The van der Waals surface area contributed by atoms with Crippen LogP contribution >= 0.6 is 23.7 Å². The first-order valence-corrected chi connectivity index (χ1v) is 8.38. The quantitative estimate of drug-likeness (QED) is 0.747. The molecule has 1 N–H and O–H groups in total. The van der Waals surface area contributed by atoms with E-state index >= 15 is 0 Å². The summed E-state index contributed by atoms with van der Waals surface area (Å²) in [5, 5.41) is 17.8. The number of aromatic nitrogens is 5. The highest BCUT2D eigenvalue weighted by Crippen LogP contribution is 2.26. The predicted molar refractivity (Wildman–Crippen MR) is 93.1 cm³/mol. The zero-order valence-electron chi connectivity index (χ0n) is 12.8. The molecule has 9 heteroatoms. The molecule has 0 spiro atoms. The van der Waals surface area contributed by atoms with Crippen molar-refractivity contribution in [2.75, 3.05) is 13.1 Å². The molecule has 3 aromatic rings. The van der Waals surface area contributed by atoms with E-state index in [1.165, 1.54) is 11.4 Å². The number of hydrogen-bond donors (Lipinski definition) is 1. The second-order valence-electron chi connectivity index (χ2n) is 5.40. The van der Waals surface area contributed by atoms with Gasteiger partial charge in [-0.05, 0) is 47.7 Å². The average Bonchev–Trinajstić information content (AvgIpc) is 3.35. The third-order valence-electron chi connectivity index (χ3n) is 3.82. The van der Waals surface area contributed by atoms with Gasteiger partial charge in [-0.15, -0.1) is 28.8 Å². The highest BCUT2D eigenvalue weighted by atomic mass is 35.5. The van der Waals surface area contributed by atoms with Crippen LogP contribution in [0.2, 0.25) is 0 Å². The van der Waals surface area contributed by atoms with Crippen molar-refractivity contribution in [3.05, 3.63) is 46.7 Å². The zero-order valence-corrected chi connectivity index (χ0v) is 14.5. The van der Waals surface area contributed by atoms with Gasteiger partial charge >= 0.3 is 0 Å². The van der Waals surface area contributed by atoms with Crippen LogP contribution in [0.25, 0.3) is 5.69 Å². The number of rotatable bonds is 5. The summed E-state index contributed by atoms with van der Waals surface area (Å²) >= 11 is 1.73. The molecule has 0 saturated carbocycles. The van der Waals surface area contributed by atoms with Gasteiger partial charge < -0.3 is 10.1 Å². The first-order chi connectivity index (χ1) is 11.4. The Morgan fingerprint density at radius 3 is 2.88 bits per heavy atom. The largest absolute Gasteiger partial charge is 0.487 e. The third kappa shape index (κ3) is 3.72. The maximum absolute atomic E-state index is 5.81. The number of nitrogens with one attached hydrogen (secondary N) is 1. The maximum atomic E-state index is 5.81. The van der Waals surface area contributed by atoms with Crippen molar-refractivity contribution >= 4 is 23.7 Å². The van der Waals surface area contributed by atoms with Crippen molar-refractivity contribution in [1.29, 1.82) is 0 Å². The lowest BCUT2D eigenvalue weighted by atomic mass is 10.1. The van der Waals surface area contributed by atoms with Gasteiger partial charge in [-0.2, -0.15) is 0 Å². The molecular weight excluding hydrogens is 348 g/mol. The summed E-state index contributed by atoms with van der Waals surface area (Å²) in [5.74, 6) is 1.36. The van der Waals surface area contributed by atoms with Crippen molar-refractivity contribution in [3.63, 3.8) is 0 Å². The molecule has 1 atom stereocenters. The van der Waals surface area contributed by atoms with Crippen LogP contribution in [0.4, 0.5) is 0 Å². The third-order valence-corrected chi connectivity index (χ3v) is 4.87. The molecule has 4 rings (SSSR count). The van der Waals surface area contributed by atoms with E-state index in [1.54, 1.807) is 22.3 Å². The monoisotopic (exact) mass is 364 g/mol. The fourth-order valence-corrected chi connectivity index (χ4v) is 3.51. The van der Waals surface area contributed by atoms with Gasteiger partial charge in [0.15, 0.2) is 0 Å². The molecule has 1 saturated heterocycles. The summed E-state index contributed by atoms with van der Waals surface area (Å²) in [6.07, 6.45) is 2.73. The molecule has 24 heavy (non-hydrogen) atoms. The van der Waals surface area contributed by atoms with E-state index in [4.69, 9.17) is 4.74 Å². The lowest BCUT2D eigenvalue weighted by molar-refractivity contribution is 0.301. The maximum Gasteiger partial charge on any atom is 0.143 e. The van der Waals surface area contributed by atoms with E-state index in [0.29, 0.717) is 12.5 Å². The standard InChI is InChI=1S/C15H16N6OS.ClH/c1-3-14(4-2-13(1)21-10-17-19-20-21)22-8-12-9-23-15(18-12)11-5-6-16-7-11;/h1-4,9-11,16H,5-8H2;1H. The fourth-order valence-electron chi connectivity index (χ4n) is 2.57. The minimum absolute atomic E-state index is 0. The summed E-state index contributed by atoms with van der Waals surface area (Å²) in [4.78, 5) is 4.69. The highest BCUT2D eigenvalue weighted by molar-refractivity contribution is 7.09. The van der Waals surface area contributed by atoms with Gasteiger partial charge in [-0.1, -0.05) is 0 Å². The van der Waals surface area contributed by atoms with Crippen molar-refractivity contribution in [1.82, 2.24) is 30.5 Å². The molecule has 1 aliphatic rings. The van der Waals surface area contributed by atoms with E-state index < -0.39 is 0 Å². The number of nitrogens with zero attached hydrogens (tertiary/aromatic N) is 5. The SMILES string of the molecule is Cl.c1cc(-n2cnnn2)ccc1OCc1csc(C2CCNC2)n1. The Labute approximate surface area is 149 Å². The van der Waals surface area contributed by atoms with E-state index in [9.17, 15) is 0 Å².